The van der Waals surface area contributed by atoms with Gasteiger partial charge >= 0.3 is 12.0 Å². The minimum Gasteiger partial charge on any atom is -0.464 e. The van der Waals surface area contributed by atoms with Crippen molar-refractivity contribution in [3.05, 3.63) is 82.4 Å². The van der Waals surface area contributed by atoms with E-state index in [1.807, 2.05) is 62.4 Å². The first-order valence-corrected chi connectivity index (χ1v) is 21.3. The highest BCUT2D eigenvalue weighted by Crippen LogP contribution is 2.16. The van der Waals surface area contributed by atoms with Gasteiger partial charge in [-0.3, -0.25) is 9.59 Å². The van der Waals surface area contributed by atoms with E-state index in [1.165, 1.54) is 19.3 Å². The number of hydrogen-bond donors (Lipinski definition) is 5. The van der Waals surface area contributed by atoms with Crippen molar-refractivity contribution in [2.45, 2.75) is 84.5 Å². The Labute approximate surface area is 344 Å². The minimum absolute atomic E-state index is 0.0188. The maximum atomic E-state index is 12.3. The van der Waals surface area contributed by atoms with Gasteiger partial charge in [0.2, 0.25) is 11.9 Å². The number of ether oxygens (including phenoxy) is 2. The number of fused-ring (bicyclic) bond motifs is 12. The second-order valence-electron chi connectivity index (χ2n) is 13.4. The van der Waals surface area contributed by atoms with Crippen LogP contribution in [0.15, 0.2) is 48.5 Å². The molecule has 0 aliphatic carbocycles. The van der Waals surface area contributed by atoms with Gasteiger partial charge in [-0.15, -0.1) is 0 Å². The van der Waals surface area contributed by atoms with Crippen LogP contribution in [0.1, 0.15) is 115 Å². The fourth-order valence-corrected chi connectivity index (χ4v) is 6.00. The third kappa shape index (κ3) is 17.0. The fourth-order valence-electron chi connectivity index (χ4n) is 5.71. The van der Waals surface area contributed by atoms with Crippen molar-refractivity contribution in [2.75, 3.05) is 61.9 Å². The molecular formula is C41H58BrN11O4. The van der Waals surface area contributed by atoms with E-state index in [2.05, 4.69) is 67.1 Å². The van der Waals surface area contributed by atoms with Crippen molar-refractivity contribution in [3.8, 4) is 12.0 Å². The summed E-state index contributed by atoms with van der Waals surface area (Å²) in [5.74, 6) is 2.23. The molecule has 4 heterocycles. The van der Waals surface area contributed by atoms with Crippen molar-refractivity contribution in [3.63, 3.8) is 0 Å². The zero-order valence-electron chi connectivity index (χ0n) is 33.3. The summed E-state index contributed by atoms with van der Waals surface area (Å²) in [5, 5.41) is 13.3. The smallest absolute Gasteiger partial charge is 0.321 e. The minimum atomic E-state index is -0.0781. The third-order valence-corrected chi connectivity index (χ3v) is 9.27. The van der Waals surface area contributed by atoms with E-state index in [9.17, 15) is 9.59 Å². The molecular weight excluding hydrogens is 790 g/mol. The Balaban J connectivity index is 0.000000253. The van der Waals surface area contributed by atoms with E-state index in [0.717, 1.165) is 74.6 Å². The zero-order chi connectivity index (χ0) is 40.5. The fraction of sp³-hybridized carbons (Fsp3) is 0.512. The zero-order valence-corrected chi connectivity index (χ0v) is 34.9. The van der Waals surface area contributed by atoms with Gasteiger partial charge in [-0.1, -0.05) is 65.9 Å². The first-order chi connectivity index (χ1) is 27.9. The van der Waals surface area contributed by atoms with Crippen LogP contribution in [0.3, 0.4) is 0 Å². The molecule has 0 radical (unpaired) electrons. The van der Waals surface area contributed by atoms with Gasteiger partial charge in [0.05, 0.1) is 13.2 Å². The molecule has 4 aromatic rings. The third-order valence-electron chi connectivity index (χ3n) is 8.71. The predicted octanol–water partition coefficient (Wildman–Crippen LogP) is 5.88. The molecule has 57 heavy (non-hydrogen) atoms. The number of carbonyl (C=O) groups excluding carboxylic acids is 2. The lowest BCUT2D eigenvalue weighted by Crippen LogP contribution is -2.24. The number of hydrogen-bond acceptors (Lipinski definition) is 13. The normalized spacial score (nSPS) is 13.4. The number of halogens is 1. The van der Waals surface area contributed by atoms with Gasteiger partial charge in [-0.05, 0) is 87.9 Å². The molecule has 15 nitrogen and oxygen atoms in total. The lowest BCUT2D eigenvalue weighted by Gasteiger charge is -2.09. The van der Waals surface area contributed by atoms with E-state index in [4.69, 9.17) is 15.2 Å². The molecule has 0 saturated carbocycles. The van der Waals surface area contributed by atoms with E-state index in [0.29, 0.717) is 85.8 Å². The molecule has 2 aromatic heterocycles. The molecule has 6 rings (SSSR count). The Hall–Kier alpha value is -4.96. The average molecular weight is 849 g/mol. The van der Waals surface area contributed by atoms with Crippen LogP contribution in [0.2, 0.25) is 0 Å². The van der Waals surface area contributed by atoms with Crippen molar-refractivity contribution in [2.24, 2.45) is 5.73 Å². The maximum Gasteiger partial charge on any atom is 0.321 e. The Morgan fingerprint density at radius 1 is 0.772 bits per heavy atom. The summed E-state index contributed by atoms with van der Waals surface area (Å²) in [6.45, 7) is 8.39. The van der Waals surface area contributed by atoms with Crippen LogP contribution in [-0.4, -0.2) is 93.0 Å². The molecule has 2 aliphatic rings. The predicted molar refractivity (Wildman–Crippen MR) is 227 cm³/mol. The van der Waals surface area contributed by atoms with Gasteiger partial charge in [-0.25, -0.2) is 0 Å². The van der Waals surface area contributed by atoms with Crippen LogP contribution in [0.5, 0.6) is 12.0 Å². The molecule has 0 atom stereocenters. The van der Waals surface area contributed by atoms with Crippen LogP contribution in [0, 0.1) is 0 Å². The first-order valence-electron chi connectivity index (χ1n) is 20.1. The number of aromatic nitrogens is 6. The monoisotopic (exact) mass is 847 g/mol. The molecule has 2 aliphatic heterocycles. The molecule has 0 unspecified atom stereocenters. The molecule has 0 spiro atoms. The second-order valence-corrected chi connectivity index (χ2v) is 14.1. The molecule has 16 heteroatoms. The summed E-state index contributed by atoms with van der Waals surface area (Å²) >= 11 is 3.41. The molecule has 4 bridgehead atoms. The number of nitrogens with zero attached hydrogens (tertiary/aromatic N) is 6. The number of anilines is 2. The number of unbranched alkanes of at least 4 members (excludes halogenated alkanes) is 1. The van der Waals surface area contributed by atoms with Crippen LogP contribution in [0.4, 0.5) is 11.9 Å². The van der Waals surface area contributed by atoms with E-state index in [-0.39, 0.29) is 11.8 Å². The largest absolute Gasteiger partial charge is 0.464 e. The van der Waals surface area contributed by atoms with E-state index in [1.54, 1.807) is 0 Å². The van der Waals surface area contributed by atoms with Crippen molar-refractivity contribution < 1.29 is 19.1 Å². The van der Waals surface area contributed by atoms with Gasteiger partial charge in [0.25, 0.3) is 11.8 Å². The molecule has 2 aromatic carbocycles. The Morgan fingerprint density at radius 2 is 1.46 bits per heavy atom. The summed E-state index contributed by atoms with van der Waals surface area (Å²) in [4.78, 5) is 50.8. The summed E-state index contributed by atoms with van der Waals surface area (Å²) in [6.07, 6.45) is 10.6. The molecule has 0 saturated heterocycles. The number of nitrogens with two attached hydrogens (primary N) is 1. The van der Waals surface area contributed by atoms with Crippen LogP contribution in [0.25, 0.3) is 0 Å². The molecule has 2 amide bonds. The van der Waals surface area contributed by atoms with E-state index < -0.39 is 0 Å². The van der Waals surface area contributed by atoms with Crippen molar-refractivity contribution >= 4 is 39.6 Å². The van der Waals surface area contributed by atoms with Crippen LogP contribution in [-0.2, 0) is 12.8 Å². The second kappa shape index (κ2) is 26.1. The molecule has 308 valence electrons. The van der Waals surface area contributed by atoms with Gasteiger partial charge in [0.15, 0.2) is 0 Å². The Bertz CT molecular complexity index is 1780. The highest BCUT2D eigenvalue weighted by Gasteiger charge is 2.12. The Morgan fingerprint density at radius 3 is 2.14 bits per heavy atom. The topological polar surface area (TPSA) is 204 Å². The van der Waals surface area contributed by atoms with E-state index >= 15 is 0 Å². The summed E-state index contributed by atoms with van der Waals surface area (Å²) < 4.78 is 11.0. The molecule has 0 fully saturated rings. The van der Waals surface area contributed by atoms with Crippen LogP contribution < -0.4 is 36.5 Å². The standard InChI is InChI=1S/C21H29N5O2.C20H29BrN6O2/c1-2-28-21-25-18-15-16-9-11-17(12-10-16)19(27)22-13-7-5-3-4-6-8-14-23-20(24-18)26-21;1-2-29-20-26-17(25-19(27-20)24-13-5-10-21)14-15-6-8-16(9-7-15)18(28)23-12-4-3-11-22/h9-12H,2-8,13-15H2,1H3,(H,22,27)(H,23,24,25,26);6-9H,2-5,10-14,22H2,1H3,(H,23,28)(H,24,25,26,27). The number of benzene rings is 2. The summed E-state index contributed by atoms with van der Waals surface area (Å²) in [7, 11) is 0. The summed E-state index contributed by atoms with van der Waals surface area (Å²) in [5.41, 5.74) is 8.81. The van der Waals surface area contributed by atoms with Crippen molar-refractivity contribution in [1.29, 1.82) is 0 Å². The summed E-state index contributed by atoms with van der Waals surface area (Å²) in [6, 6.07) is 15.7. The van der Waals surface area contributed by atoms with Gasteiger partial charge < -0.3 is 36.5 Å². The van der Waals surface area contributed by atoms with Gasteiger partial charge in [0.1, 0.15) is 11.6 Å². The lowest BCUT2D eigenvalue weighted by atomic mass is 10.1. The number of rotatable bonds is 15. The highest BCUT2D eigenvalue weighted by atomic mass is 79.9. The lowest BCUT2D eigenvalue weighted by molar-refractivity contribution is 0.0944. The molecule has 6 N–H and O–H groups in total. The number of carbonyl (C=O) groups is 2. The Kier molecular flexibility index (Phi) is 20.5. The van der Waals surface area contributed by atoms with Gasteiger partial charge in [0, 0.05) is 55.5 Å². The first kappa shape index (κ1) is 44.8. The number of nitrogens with one attached hydrogen (secondary N) is 4. The highest BCUT2D eigenvalue weighted by molar-refractivity contribution is 9.09. The number of alkyl halides is 1. The van der Waals surface area contributed by atoms with Gasteiger partial charge in [-0.2, -0.15) is 29.9 Å². The SMILES string of the molecule is CCOc1nc(Cc2ccc(C(=O)NCCCCN)cc2)nc(NCCCBr)n1.CCOc1nc2nc(n1)NCCCCCCCCNC(=O)c1ccc(cc1)C2. The average Bonchev–Trinajstić information content (AvgIpc) is 3.21. The maximum absolute atomic E-state index is 12.3. The van der Waals surface area contributed by atoms with Crippen molar-refractivity contribution in [1.82, 2.24) is 40.5 Å². The van der Waals surface area contributed by atoms with Crippen LogP contribution >= 0.6 is 15.9 Å². The number of amides is 2. The quantitative estimate of drug-likeness (QED) is 0.0701.